The van der Waals surface area contributed by atoms with Crippen LogP contribution >= 0.6 is 23.2 Å². The third kappa shape index (κ3) is 2.73. The highest BCUT2D eigenvalue weighted by Gasteiger charge is 2.49. The largest absolute Gasteiger partial charge is 0.507 e. The van der Waals surface area contributed by atoms with E-state index in [1.54, 1.807) is 36.4 Å². The Hall–Kier alpha value is -2.24. The molecule has 1 heterocycles. The molecular formula is C16H12Cl2N2O3. The fourth-order valence-corrected chi connectivity index (χ4v) is 3.03. The maximum atomic E-state index is 12.2. The van der Waals surface area contributed by atoms with E-state index in [0.29, 0.717) is 10.6 Å². The second-order valence-corrected chi connectivity index (χ2v) is 5.91. The lowest BCUT2D eigenvalue weighted by Crippen LogP contribution is -2.63. The summed E-state index contributed by atoms with van der Waals surface area (Å²) in [4.78, 5) is 24.2. The van der Waals surface area contributed by atoms with Crippen molar-refractivity contribution in [3.8, 4) is 5.75 Å². The zero-order chi connectivity index (χ0) is 16.6. The van der Waals surface area contributed by atoms with Gasteiger partial charge in [0.15, 0.2) is 0 Å². The maximum absolute atomic E-state index is 12.2. The predicted octanol–water partition coefficient (Wildman–Crippen LogP) is 2.88. The average Bonchev–Trinajstić information content (AvgIpc) is 2.56. The highest BCUT2D eigenvalue weighted by molar-refractivity contribution is 6.35. The number of hydrogen-bond acceptors (Lipinski definition) is 3. The van der Waals surface area contributed by atoms with E-state index in [0.717, 1.165) is 5.01 Å². The highest BCUT2D eigenvalue weighted by Crippen LogP contribution is 2.40. The lowest BCUT2D eigenvalue weighted by molar-refractivity contribution is -0.149. The number of nitrogens with one attached hydrogen (secondary N) is 1. The molecule has 23 heavy (non-hydrogen) atoms. The van der Waals surface area contributed by atoms with E-state index < -0.39 is 23.2 Å². The van der Waals surface area contributed by atoms with E-state index in [4.69, 9.17) is 23.2 Å². The zero-order valence-corrected chi connectivity index (χ0v) is 13.3. The van der Waals surface area contributed by atoms with Gasteiger partial charge in [0.1, 0.15) is 17.2 Å². The molecule has 0 bridgehead atoms. The van der Waals surface area contributed by atoms with Gasteiger partial charge in [0.05, 0.1) is 5.56 Å². The normalized spacial score (nSPS) is 20.1. The summed E-state index contributed by atoms with van der Waals surface area (Å²) in [6, 6.07) is 12.5. The van der Waals surface area contributed by atoms with Crippen LogP contribution in [0.1, 0.15) is 22.0 Å². The van der Waals surface area contributed by atoms with E-state index in [1.165, 1.54) is 12.1 Å². The van der Waals surface area contributed by atoms with E-state index in [-0.39, 0.29) is 11.3 Å². The Morgan fingerprint density at radius 1 is 1.13 bits per heavy atom. The first-order chi connectivity index (χ1) is 11.0. The molecule has 5 nitrogen and oxygen atoms in total. The van der Waals surface area contributed by atoms with Crippen molar-refractivity contribution in [3.05, 3.63) is 64.7 Å². The summed E-state index contributed by atoms with van der Waals surface area (Å²) in [6.45, 7) is 0. The SMILES string of the molecule is O=C(NN1C(=O)[C@@H](Cl)[C@@H]1c1ccccc1Cl)c1ccccc1O. The first-order valence-corrected chi connectivity index (χ1v) is 7.62. The zero-order valence-electron chi connectivity index (χ0n) is 11.7. The molecule has 1 saturated heterocycles. The minimum atomic E-state index is -0.806. The van der Waals surface area contributed by atoms with Crippen molar-refractivity contribution in [1.29, 1.82) is 0 Å². The number of amides is 2. The van der Waals surface area contributed by atoms with Gasteiger partial charge in [-0.15, -0.1) is 11.6 Å². The Labute approximate surface area is 142 Å². The molecule has 2 atom stereocenters. The standard InChI is InChI=1S/C16H12Cl2N2O3/c17-11-7-3-1-5-9(11)14-13(18)16(23)20(14)19-15(22)10-6-2-4-8-12(10)21/h1-8,13-14,21H,(H,19,22)/t13-,14-/m0/s1. The van der Waals surface area contributed by atoms with Gasteiger partial charge < -0.3 is 5.11 Å². The van der Waals surface area contributed by atoms with Gasteiger partial charge in [-0.25, -0.2) is 5.01 Å². The lowest BCUT2D eigenvalue weighted by Gasteiger charge is -2.44. The summed E-state index contributed by atoms with van der Waals surface area (Å²) >= 11 is 12.2. The smallest absolute Gasteiger partial charge is 0.273 e. The molecular weight excluding hydrogens is 339 g/mol. The molecule has 7 heteroatoms. The summed E-state index contributed by atoms with van der Waals surface area (Å²) in [6.07, 6.45) is 0. The molecule has 2 N–H and O–H groups in total. The molecule has 0 aromatic heterocycles. The minimum absolute atomic E-state index is 0.0660. The molecule has 1 aliphatic heterocycles. The van der Waals surface area contributed by atoms with Gasteiger partial charge in [-0.3, -0.25) is 15.0 Å². The molecule has 0 unspecified atom stereocenters. The Morgan fingerprint density at radius 2 is 1.78 bits per heavy atom. The number of rotatable bonds is 3. The minimum Gasteiger partial charge on any atom is -0.507 e. The molecule has 2 amide bonds. The molecule has 2 aromatic carbocycles. The van der Waals surface area contributed by atoms with Crippen LogP contribution in [-0.2, 0) is 4.79 Å². The van der Waals surface area contributed by atoms with Crippen LogP contribution in [0.2, 0.25) is 5.02 Å². The number of hydrazine groups is 1. The van der Waals surface area contributed by atoms with Crippen LogP contribution in [0, 0.1) is 0 Å². The van der Waals surface area contributed by atoms with Crippen molar-refractivity contribution < 1.29 is 14.7 Å². The molecule has 0 aliphatic carbocycles. The second-order valence-electron chi connectivity index (χ2n) is 5.03. The Kier molecular flexibility index (Phi) is 4.15. The maximum Gasteiger partial charge on any atom is 0.273 e. The first-order valence-electron chi connectivity index (χ1n) is 6.81. The quantitative estimate of drug-likeness (QED) is 0.660. The first kappa shape index (κ1) is 15.6. The van der Waals surface area contributed by atoms with Crippen LogP contribution in [0.15, 0.2) is 48.5 Å². The van der Waals surface area contributed by atoms with Gasteiger partial charge in [0, 0.05) is 5.02 Å². The number of halogens is 2. The van der Waals surface area contributed by atoms with Gasteiger partial charge in [0.2, 0.25) is 0 Å². The molecule has 118 valence electrons. The number of phenolic OH excluding ortho intramolecular Hbond substituents is 1. The second kappa shape index (κ2) is 6.10. The Bertz CT molecular complexity index is 781. The van der Waals surface area contributed by atoms with Gasteiger partial charge >= 0.3 is 0 Å². The van der Waals surface area contributed by atoms with Crippen molar-refractivity contribution in [2.75, 3.05) is 0 Å². The number of aromatic hydroxyl groups is 1. The monoisotopic (exact) mass is 350 g/mol. The van der Waals surface area contributed by atoms with E-state index in [9.17, 15) is 14.7 Å². The van der Waals surface area contributed by atoms with Crippen molar-refractivity contribution >= 4 is 35.0 Å². The lowest BCUT2D eigenvalue weighted by atomic mass is 9.95. The molecule has 3 rings (SSSR count). The third-order valence-corrected chi connectivity index (χ3v) is 4.39. The highest BCUT2D eigenvalue weighted by atomic mass is 35.5. The molecule has 2 aromatic rings. The number of hydrogen-bond donors (Lipinski definition) is 2. The molecule has 0 saturated carbocycles. The summed E-state index contributed by atoms with van der Waals surface area (Å²) in [7, 11) is 0. The fourth-order valence-electron chi connectivity index (χ4n) is 2.43. The predicted molar refractivity (Wildman–Crippen MR) is 86.3 cm³/mol. The van der Waals surface area contributed by atoms with E-state index in [1.807, 2.05) is 0 Å². The molecule has 0 radical (unpaired) electrons. The summed E-state index contributed by atoms with van der Waals surface area (Å²) in [5, 5.41) is 10.5. The van der Waals surface area contributed by atoms with Crippen molar-refractivity contribution in [2.24, 2.45) is 0 Å². The average molecular weight is 351 g/mol. The van der Waals surface area contributed by atoms with Gasteiger partial charge in [-0.2, -0.15) is 0 Å². The molecule has 1 aliphatic rings. The number of β-lactam (4-membered cyclic amide) rings is 1. The van der Waals surface area contributed by atoms with Crippen LogP contribution in [0.25, 0.3) is 0 Å². The van der Waals surface area contributed by atoms with Crippen molar-refractivity contribution in [2.45, 2.75) is 11.4 Å². The summed E-state index contributed by atoms with van der Waals surface area (Å²) in [5.74, 6) is -1.20. The Morgan fingerprint density at radius 3 is 2.48 bits per heavy atom. The number of phenols is 1. The number of benzene rings is 2. The van der Waals surface area contributed by atoms with Crippen LogP contribution < -0.4 is 5.43 Å². The van der Waals surface area contributed by atoms with Gasteiger partial charge in [-0.1, -0.05) is 41.9 Å². The summed E-state index contributed by atoms with van der Waals surface area (Å²) in [5.41, 5.74) is 3.18. The number of alkyl halides is 1. The van der Waals surface area contributed by atoms with E-state index in [2.05, 4.69) is 5.43 Å². The van der Waals surface area contributed by atoms with Gasteiger partial charge in [0.25, 0.3) is 11.8 Å². The fraction of sp³-hybridized carbons (Fsp3) is 0.125. The molecule has 0 spiro atoms. The number of carbonyl (C=O) groups excluding carboxylic acids is 2. The number of para-hydroxylation sites is 1. The van der Waals surface area contributed by atoms with Crippen LogP contribution in [0.4, 0.5) is 0 Å². The topological polar surface area (TPSA) is 69.6 Å². The molecule has 1 fully saturated rings. The third-order valence-electron chi connectivity index (χ3n) is 3.62. The van der Waals surface area contributed by atoms with Gasteiger partial charge in [-0.05, 0) is 23.8 Å². The van der Waals surface area contributed by atoms with Crippen LogP contribution in [0.5, 0.6) is 5.75 Å². The van der Waals surface area contributed by atoms with Crippen LogP contribution in [-0.4, -0.2) is 27.3 Å². The van der Waals surface area contributed by atoms with E-state index >= 15 is 0 Å². The number of carbonyl (C=O) groups is 2. The number of nitrogens with zero attached hydrogens (tertiary/aromatic N) is 1. The van der Waals surface area contributed by atoms with Crippen molar-refractivity contribution in [3.63, 3.8) is 0 Å². The van der Waals surface area contributed by atoms with Crippen molar-refractivity contribution in [1.82, 2.24) is 10.4 Å². The van der Waals surface area contributed by atoms with Crippen LogP contribution in [0.3, 0.4) is 0 Å². The summed E-state index contributed by atoms with van der Waals surface area (Å²) < 4.78 is 0. The Balaban J connectivity index is 1.84.